The number of benzene rings is 2. The predicted octanol–water partition coefficient (Wildman–Crippen LogP) is 5.96. The Morgan fingerprint density at radius 1 is 1.03 bits per heavy atom. The highest BCUT2D eigenvalue weighted by Gasteiger charge is 2.40. The lowest BCUT2D eigenvalue weighted by molar-refractivity contribution is 0.199. The maximum Gasteiger partial charge on any atom is 0.268 e. The van der Waals surface area contributed by atoms with Crippen LogP contribution in [-0.2, 0) is 10.1 Å². The third-order valence-electron chi connectivity index (χ3n) is 7.32. The summed E-state index contributed by atoms with van der Waals surface area (Å²) in [6.45, 7) is 2.16. The quantitative estimate of drug-likeness (QED) is 0.452. The maximum absolute atomic E-state index is 14.3. The van der Waals surface area contributed by atoms with E-state index in [1.54, 1.807) is 20.1 Å². The highest BCUT2D eigenvalue weighted by atomic mass is 32.2. The Morgan fingerprint density at radius 3 is 2.39 bits per heavy atom. The molecule has 0 bridgehead atoms. The van der Waals surface area contributed by atoms with E-state index in [1.165, 1.54) is 6.07 Å². The van der Waals surface area contributed by atoms with Crippen LogP contribution in [0.2, 0.25) is 0 Å². The van der Waals surface area contributed by atoms with E-state index in [1.807, 2.05) is 30.3 Å². The molecule has 2 fully saturated rings. The summed E-state index contributed by atoms with van der Waals surface area (Å²) in [6, 6.07) is 12.6. The Hall–Kier alpha value is -2.12. The van der Waals surface area contributed by atoms with E-state index < -0.39 is 15.4 Å². The second kappa shape index (κ2) is 10.0. The predicted molar refractivity (Wildman–Crippen MR) is 126 cm³/mol. The molecule has 33 heavy (non-hydrogen) atoms. The van der Waals surface area contributed by atoms with Gasteiger partial charge in [-0.25, -0.2) is 4.39 Å². The zero-order valence-corrected chi connectivity index (χ0v) is 20.1. The highest BCUT2D eigenvalue weighted by molar-refractivity contribution is 7.86. The summed E-state index contributed by atoms with van der Waals surface area (Å²) in [5.41, 5.74) is 1.64. The molecule has 2 aliphatic rings. The topological polar surface area (TPSA) is 72.8 Å². The molecule has 1 N–H and O–H groups in total. The minimum absolute atomic E-state index is 0.170. The van der Waals surface area contributed by atoms with Crippen molar-refractivity contribution in [1.82, 2.24) is 0 Å². The van der Waals surface area contributed by atoms with Gasteiger partial charge in [0.05, 0.1) is 19.0 Å². The van der Waals surface area contributed by atoms with Crippen LogP contribution in [0.15, 0.2) is 42.5 Å². The molecule has 2 aliphatic carbocycles. The van der Waals surface area contributed by atoms with E-state index in [0.717, 1.165) is 55.4 Å². The number of rotatable bonds is 9. The van der Waals surface area contributed by atoms with Gasteiger partial charge in [0, 0.05) is 5.92 Å². The second-order valence-electron chi connectivity index (χ2n) is 9.57. The Morgan fingerprint density at radius 2 is 1.76 bits per heavy atom. The van der Waals surface area contributed by atoms with Gasteiger partial charge in [-0.05, 0) is 105 Å². The van der Waals surface area contributed by atoms with Gasteiger partial charge in [0.1, 0.15) is 17.3 Å². The lowest BCUT2D eigenvalue weighted by atomic mass is 9.79. The number of methoxy groups -OCH3 is 1. The van der Waals surface area contributed by atoms with Crippen LogP contribution in [-0.4, -0.2) is 31.9 Å². The minimum Gasteiger partial charge on any atom is -0.497 e. The molecular formula is C26H33FO5S. The van der Waals surface area contributed by atoms with Crippen LogP contribution in [0.4, 0.5) is 4.39 Å². The van der Waals surface area contributed by atoms with Gasteiger partial charge >= 0.3 is 0 Å². The number of halogens is 1. The zero-order valence-electron chi connectivity index (χ0n) is 19.2. The lowest BCUT2D eigenvalue weighted by Crippen LogP contribution is -2.26. The molecule has 2 aromatic carbocycles. The average molecular weight is 477 g/mol. The summed E-state index contributed by atoms with van der Waals surface area (Å²) in [4.78, 5) is 0. The Labute approximate surface area is 196 Å². The van der Waals surface area contributed by atoms with Gasteiger partial charge in [-0.3, -0.25) is 4.55 Å². The van der Waals surface area contributed by atoms with E-state index in [4.69, 9.17) is 9.47 Å². The van der Waals surface area contributed by atoms with E-state index in [-0.39, 0.29) is 23.6 Å². The van der Waals surface area contributed by atoms with E-state index in [2.05, 4.69) is 0 Å². The highest BCUT2D eigenvalue weighted by Crippen LogP contribution is 2.46. The molecule has 7 heteroatoms. The van der Waals surface area contributed by atoms with Crippen molar-refractivity contribution >= 4 is 10.1 Å². The fraction of sp³-hybridized carbons (Fsp3) is 0.538. The van der Waals surface area contributed by atoms with E-state index in [0.29, 0.717) is 18.3 Å². The first-order chi connectivity index (χ1) is 15.8. The van der Waals surface area contributed by atoms with Crippen LogP contribution < -0.4 is 9.47 Å². The van der Waals surface area contributed by atoms with Crippen molar-refractivity contribution in [2.45, 2.75) is 62.5 Å². The molecule has 5 nitrogen and oxygen atoms in total. The molecule has 180 valence electrons. The van der Waals surface area contributed by atoms with E-state index in [9.17, 15) is 17.4 Å². The first-order valence-corrected chi connectivity index (χ1v) is 13.3. The molecule has 2 saturated carbocycles. The molecule has 4 rings (SSSR count). The largest absolute Gasteiger partial charge is 0.497 e. The van der Waals surface area contributed by atoms with Crippen molar-refractivity contribution in [1.29, 1.82) is 0 Å². The van der Waals surface area contributed by atoms with Crippen LogP contribution in [0.3, 0.4) is 0 Å². The summed E-state index contributed by atoms with van der Waals surface area (Å²) < 4.78 is 58.8. The van der Waals surface area contributed by atoms with E-state index >= 15 is 0 Å². The molecule has 2 aromatic rings. The van der Waals surface area contributed by atoms with Crippen LogP contribution >= 0.6 is 0 Å². The van der Waals surface area contributed by atoms with Crippen molar-refractivity contribution in [2.75, 3.05) is 13.7 Å². The van der Waals surface area contributed by atoms with Crippen molar-refractivity contribution in [3.63, 3.8) is 0 Å². The molecule has 0 saturated heterocycles. The molecule has 2 atom stereocenters. The van der Waals surface area contributed by atoms with Gasteiger partial charge in [0.15, 0.2) is 0 Å². The summed E-state index contributed by atoms with van der Waals surface area (Å²) in [5.74, 6) is 1.89. The first kappa shape index (κ1) is 24.0. The number of hydrogen-bond donors (Lipinski definition) is 1. The number of hydrogen-bond acceptors (Lipinski definition) is 4. The van der Waals surface area contributed by atoms with Crippen LogP contribution in [0.1, 0.15) is 68.4 Å². The van der Waals surface area contributed by atoms with Crippen molar-refractivity contribution in [2.24, 2.45) is 11.8 Å². The van der Waals surface area contributed by atoms with Crippen molar-refractivity contribution in [3.05, 3.63) is 59.4 Å². The van der Waals surface area contributed by atoms with Gasteiger partial charge in [0.25, 0.3) is 10.1 Å². The summed E-state index contributed by atoms with van der Waals surface area (Å²) >= 11 is 0. The summed E-state index contributed by atoms with van der Waals surface area (Å²) in [6.07, 6.45) is 5.71. The molecule has 0 radical (unpaired) electrons. The van der Waals surface area contributed by atoms with Gasteiger partial charge < -0.3 is 9.47 Å². The van der Waals surface area contributed by atoms with Gasteiger partial charge in [0.2, 0.25) is 0 Å². The van der Waals surface area contributed by atoms with Crippen LogP contribution in [0, 0.1) is 17.7 Å². The normalized spacial score (nSPS) is 23.0. The molecule has 0 aromatic heterocycles. The Kier molecular flexibility index (Phi) is 7.29. The third kappa shape index (κ3) is 5.87. The molecule has 0 heterocycles. The SMILES string of the molecule is COc1ccc(F)c([C@H]2CC[C@H](COc3cccc([C@H](C4CC4)[C@H](C)S(=O)(=O)O)c3)CC2)c1. The van der Waals surface area contributed by atoms with Crippen molar-refractivity contribution in [3.8, 4) is 11.5 Å². The second-order valence-corrected chi connectivity index (χ2v) is 11.3. The molecule has 0 aliphatic heterocycles. The molecule has 0 unspecified atom stereocenters. The van der Waals surface area contributed by atoms with Crippen molar-refractivity contribution < 1.29 is 26.8 Å². The molecule has 0 amide bonds. The maximum atomic E-state index is 14.3. The Bertz CT molecular complexity index is 1060. The monoisotopic (exact) mass is 476 g/mol. The van der Waals surface area contributed by atoms with Gasteiger partial charge in [-0.1, -0.05) is 12.1 Å². The minimum atomic E-state index is -4.11. The van der Waals surface area contributed by atoms with Crippen LogP contribution in [0.5, 0.6) is 11.5 Å². The lowest BCUT2D eigenvalue weighted by Gasteiger charge is -2.29. The number of ether oxygens (including phenoxy) is 2. The fourth-order valence-electron chi connectivity index (χ4n) is 5.19. The summed E-state index contributed by atoms with van der Waals surface area (Å²) in [5, 5.41) is -0.840. The first-order valence-electron chi connectivity index (χ1n) is 11.8. The molecular weight excluding hydrogens is 443 g/mol. The van der Waals surface area contributed by atoms with Gasteiger partial charge in [-0.15, -0.1) is 0 Å². The standard InChI is InChI=1S/C26H33FO5S/c1-17(33(28,29)30)26(20-10-11-20)21-4-3-5-23(14-21)32-16-18-6-8-19(9-7-18)24-15-22(31-2)12-13-25(24)27/h3-5,12-15,17-20,26H,6-11,16H2,1-2H3,(H,28,29,30)/t17-,18-,19-,26-/m0/s1. The fourth-order valence-corrected chi connectivity index (χ4v) is 5.94. The zero-order chi connectivity index (χ0) is 23.6. The smallest absolute Gasteiger partial charge is 0.268 e. The average Bonchev–Trinajstić information content (AvgIpc) is 3.63. The van der Waals surface area contributed by atoms with Gasteiger partial charge in [-0.2, -0.15) is 8.42 Å². The van der Waals surface area contributed by atoms with Crippen LogP contribution in [0.25, 0.3) is 0 Å². The Balaban J connectivity index is 1.35. The molecule has 0 spiro atoms. The summed E-state index contributed by atoms with van der Waals surface area (Å²) in [7, 11) is -2.51. The third-order valence-corrected chi connectivity index (χ3v) is 8.56.